The lowest BCUT2D eigenvalue weighted by atomic mass is 10.0. The van der Waals surface area contributed by atoms with E-state index in [2.05, 4.69) is 29.6 Å². The van der Waals surface area contributed by atoms with Gasteiger partial charge >= 0.3 is 0 Å². The van der Waals surface area contributed by atoms with Gasteiger partial charge in [0, 0.05) is 30.1 Å². The van der Waals surface area contributed by atoms with E-state index in [0.29, 0.717) is 17.5 Å². The molecule has 0 saturated heterocycles. The molecule has 0 aliphatic rings. The molecule has 0 bridgehead atoms. The van der Waals surface area contributed by atoms with E-state index in [9.17, 15) is 18.0 Å². The molecule has 6 aromatic rings. The highest BCUT2D eigenvalue weighted by molar-refractivity contribution is 8.06. The molecular weight excluding hydrogens is 596 g/mol. The molecule has 0 spiro atoms. The first-order valence-corrected chi connectivity index (χ1v) is 16.3. The second kappa shape index (κ2) is 13.3. The van der Waals surface area contributed by atoms with Gasteiger partial charge in [-0.25, -0.2) is 8.42 Å². The van der Waals surface area contributed by atoms with Crippen molar-refractivity contribution in [2.45, 2.75) is 23.9 Å². The average Bonchev–Trinajstić information content (AvgIpc) is 3.47. The number of carbonyl (C=O) groups is 2. The molecular formula is C38H32N2O5S. The predicted octanol–water partition coefficient (Wildman–Crippen LogP) is 6.71. The number of nitrogens with zero attached hydrogens (tertiary/aromatic N) is 1. The summed E-state index contributed by atoms with van der Waals surface area (Å²) in [7, 11) is -2.71. The third-order valence-electron chi connectivity index (χ3n) is 7.95. The van der Waals surface area contributed by atoms with Crippen LogP contribution >= 0.6 is 0 Å². The number of amides is 1. The summed E-state index contributed by atoms with van der Waals surface area (Å²) in [6.45, 7) is 0.505. The van der Waals surface area contributed by atoms with E-state index in [1.165, 1.54) is 12.1 Å². The van der Waals surface area contributed by atoms with Crippen LogP contribution in [-0.4, -0.2) is 37.2 Å². The first-order valence-electron chi connectivity index (χ1n) is 14.8. The molecule has 5 aromatic carbocycles. The predicted molar refractivity (Wildman–Crippen MR) is 180 cm³/mol. The van der Waals surface area contributed by atoms with Gasteiger partial charge in [-0.05, 0) is 52.6 Å². The first-order chi connectivity index (χ1) is 22.3. The number of fused-ring (bicyclic) bond motifs is 1. The molecule has 1 heterocycles. The Morgan fingerprint density at radius 3 is 1.96 bits per heavy atom. The fourth-order valence-electron chi connectivity index (χ4n) is 5.52. The molecule has 1 amide bonds. The van der Waals surface area contributed by atoms with Crippen molar-refractivity contribution in [2.75, 3.05) is 7.11 Å². The lowest BCUT2D eigenvalue weighted by Gasteiger charge is -2.18. The number of para-hydroxylation sites is 1. The maximum atomic E-state index is 13.9. The van der Waals surface area contributed by atoms with Crippen LogP contribution in [0.1, 0.15) is 21.5 Å². The van der Waals surface area contributed by atoms with Crippen molar-refractivity contribution < 1.29 is 22.7 Å². The lowest BCUT2D eigenvalue weighted by Crippen LogP contribution is -2.45. The third kappa shape index (κ3) is 6.48. The van der Waals surface area contributed by atoms with Crippen molar-refractivity contribution in [1.29, 1.82) is 0 Å². The Labute approximate surface area is 268 Å². The number of sulfone groups is 1. The summed E-state index contributed by atoms with van der Waals surface area (Å²) in [4.78, 5) is 27.3. The van der Waals surface area contributed by atoms with Crippen LogP contribution in [0, 0.1) is 0 Å². The summed E-state index contributed by atoms with van der Waals surface area (Å²) in [6.07, 6.45) is 1.78. The summed E-state index contributed by atoms with van der Waals surface area (Å²) >= 11 is 0. The number of benzene rings is 5. The van der Waals surface area contributed by atoms with E-state index in [0.717, 1.165) is 33.5 Å². The molecule has 0 fully saturated rings. The van der Waals surface area contributed by atoms with Gasteiger partial charge in [-0.2, -0.15) is 0 Å². The molecule has 46 heavy (non-hydrogen) atoms. The fraction of sp³-hybridized carbons (Fsp3) is 0.105. The molecule has 1 aromatic heterocycles. The number of nitrogens with one attached hydrogen (secondary N) is 1. The minimum Gasteiger partial charge on any atom is -0.497 e. The highest BCUT2D eigenvalue weighted by atomic mass is 32.2. The van der Waals surface area contributed by atoms with Crippen molar-refractivity contribution in [3.05, 3.63) is 156 Å². The van der Waals surface area contributed by atoms with Crippen LogP contribution in [0.3, 0.4) is 0 Å². The van der Waals surface area contributed by atoms with Gasteiger partial charge < -0.3 is 14.6 Å². The summed E-state index contributed by atoms with van der Waals surface area (Å²) in [5.74, 6) is 0.274. The zero-order valence-corrected chi connectivity index (χ0v) is 26.0. The van der Waals surface area contributed by atoms with E-state index >= 15 is 0 Å². The largest absolute Gasteiger partial charge is 0.497 e. The monoisotopic (exact) mass is 628 g/mol. The highest BCUT2D eigenvalue weighted by Crippen LogP contribution is 2.26. The molecule has 8 heteroatoms. The molecule has 1 unspecified atom stereocenters. The van der Waals surface area contributed by atoms with E-state index in [4.69, 9.17) is 4.74 Å². The Hall–Kier alpha value is -5.47. The quantitative estimate of drug-likeness (QED) is 0.182. The summed E-state index contributed by atoms with van der Waals surface area (Å²) in [5, 5.41) is 2.41. The van der Waals surface area contributed by atoms with Gasteiger partial charge in [-0.1, -0.05) is 103 Å². The normalized spacial score (nSPS) is 12.0. The standard InChI is InChI=1S/C38H32N2O5S/c1-45-31-22-20-30(21-23-31)29-18-16-28(17-19-29)25-40-26-34(33-14-8-9-15-36(33)40)37(41)39-35(24-27-10-4-2-5-11-27)38(42)46(43,44)32-12-6-3-7-13-32/h2-23,26,35H,24-25H2,1H3,(H,39,41). The SMILES string of the molecule is COc1ccc(-c2ccc(Cn3cc(C(=O)NC(Cc4ccccc4)C(=O)S(=O)(=O)c4ccccc4)c4ccccc43)cc2)cc1. The zero-order chi connectivity index (χ0) is 32.1. The van der Waals surface area contributed by atoms with Crippen molar-refractivity contribution >= 4 is 31.8 Å². The van der Waals surface area contributed by atoms with Crippen molar-refractivity contribution in [2.24, 2.45) is 0 Å². The maximum Gasteiger partial charge on any atom is 0.273 e. The van der Waals surface area contributed by atoms with Gasteiger partial charge in [0.15, 0.2) is 0 Å². The Morgan fingerprint density at radius 1 is 0.717 bits per heavy atom. The van der Waals surface area contributed by atoms with E-state index in [1.807, 2.05) is 71.3 Å². The first kappa shape index (κ1) is 30.6. The molecule has 0 radical (unpaired) electrons. The third-order valence-corrected chi connectivity index (χ3v) is 9.66. The second-order valence-corrected chi connectivity index (χ2v) is 12.8. The Balaban J connectivity index is 1.28. The highest BCUT2D eigenvalue weighted by Gasteiger charge is 2.34. The van der Waals surface area contributed by atoms with Gasteiger partial charge in [-0.15, -0.1) is 0 Å². The van der Waals surface area contributed by atoms with Gasteiger partial charge in [0.05, 0.1) is 17.6 Å². The number of aromatic nitrogens is 1. The molecule has 0 aliphatic carbocycles. The average molecular weight is 629 g/mol. The van der Waals surface area contributed by atoms with Crippen molar-refractivity contribution in [3.8, 4) is 16.9 Å². The number of ether oxygens (including phenoxy) is 1. The van der Waals surface area contributed by atoms with Crippen LogP contribution in [0.25, 0.3) is 22.0 Å². The second-order valence-electron chi connectivity index (χ2n) is 11.0. The van der Waals surface area contributed by atoms with Crippen molar-refractivity contribution in [1.82, 2.24) is 9.88 Å². The Kier molecular flexibility index (Phi) is 8.81. The van der Waals surface area contributed by atoms with Gasteiger partial charge in [0.25, 0.3) is 11.0 Å². The topological polar surface area (TPSA) is 94.5 Å². The summed E-state index contributed by atoms with van der Waals surface area (Å²) in [5.41, 5.74) is 5.11. The minimum absolute atomic E-state index is 0.0245. The zero-order valence-electron chi connectivity index (χ0n) is 25.2. The van der Waals surface area contributed by atoms with E-state index in [-0.39, 0.29) is 11.3 Å². The molecule has 0 aliphatic heterocycles. The molecule has 1 N–H and O–H groups in total. The number of rotatable bonds is 10. The Bertz CT molecular complexity index is 2090. The molecule has 1 atom stereocenters. The van der Waals surface area contributed by atoms with Crippen LogP contribution in [0.4, 0.5) is 0 Å². The maximum absolute atomic E-state index is 13.9. The van der Waals surface area contributed by atoms with Crippen LogP contribution in [0.2, 0.25) is 0 Å². The summed E-state index contributed by atoms with van der Waals surface area (Å²) < 4.78 is 33.9. The molecule has 7 nitrogen and oxygen atoms in total. The van der Waals surface area contributed by atoms with Crippen LogP contribution in [0.15, 0.2) is 145 Å². The van der Waals surface area contributed by atoms with E-state index < -0.39 is 26.9 Å². The van der Waals surface area contributed by atoms with E-state index in [1.54, 1.807) is 43.6 Å². The number of hydrogen-bond acceptors (Lipinski definition) is 5. The minimum atomic E-state index is -4.36. The smallest absolute Gasteiger partial charge is 0.273 e. The molecule has 6 rings (SSSR count). The number of carbonyl (C=O) groups excluding carboxylic acids is 2. The van der Waals surface area contributed by atoms with Gasteiger partial charge in [0.2, 0.25) is 9.84 Å². The number of hydrogen-bond donors (Lipinski definition) is 1. The van der Waals surface area contributed by atoms with Crippen LogP contribution in [0.5, 0.6) is 5.75 Å². The van der Waals surface area contributed by atoms with Crippen molar-refractivity contribution in [3.63, 3.8) is 0 Å². The molecule has 0 saturated carbocycles. The van der Waals surface area contributed by atoms with Crippen LogP contribution < -0.4 is 10.1 Å². The lowest BCUT2D eigenvalue weighted by molar-refractivity contribution is -0.113. The summed E-state index contributed by atoms with van der Waals surface area (Å²) in [6, 6.07) is 39.0. The fourth-order valence-corrected chi connectivity index (χ4v) is 6.79. The number of methoxy groups -OCH3 is 1. The Morgan fingerprint density at radius 2 is 1.30 bits per heavy atom. The van der Waals surface area contributed by atoms with Gasteiger partial charge in [-0.3, -0.25) is 9.59 Å². The molecule has 230 valence electrons. The van der Waals surface area contributed by atoms with Crippen LogP contribution in [-0.2, 0) is 27.6 Å². The van der Waals surface area contributed by atoms with Gasteiger partial charge in [0.1, 0.15) is 11.8 Å².